The Morgan fingerprint density at radius 3 is 2.59 bits per heavy atom. The zero-order valence-corrected chi connectivity index (χ0v) is 19.0. The number of ether oxygens (including phenoxy) is 2. The number of aromatic nitrogens is 2. The minimum Gasteiger partial charge on any atom is -0.490 e. The van der Waals surface area contributed by atoms with Gasteiger partial charge in [0.25, 0.3) is 0 Å². The van der Waals surface area contributed by atoms with E-state index in [9.17, 15) is 0 Å². The van der Waals surface area contributed by atoms with Gasteiger partial charge in [0.05, 0.1) is 22.7 Å². The third-order valence-electron chi connectivity index (χ3n) is 5.13. The number of rotatable bonds is 11. The van der Waals surface area contributed by atoms with E-state index in [1.54, 1.807) is 0 Å². The molecule has 4 aromatic rings. The molecule has 1 heterocycles. The lowest BCUT2D eigenvalue weighted by molar-refractivity contribution is 0.269. The Morgan fingerprint density at radius 1 is 0.969 bits per heavy atom. The molecule has 32 heavy (non-hydrogen) atoms. The third kappa shape index (κ3) is 5.81. The molecule has 0 aliphatic carbocycles. The van der Waals surface area contributed by atoms with Crippen LogP contribution in [0.2, 0.25) is 5.02 Å². The monoisotopic (exact) mass is 449 g/mol. The third-order valence-corrected chi connectivity index (χ3v) is 5.41. The van der Waals surface area contributed by atoms with Crippen molar-refractivity contribution in [1.82, 2.24) is 15.3 Å². The van der Waals surface area contributed by atoms with E-state index in [4.69, 9.17) is 21.1 Å². The first-order valence-electron chi connectivity index (χ1n) is 11.0. The van der Waals surface area contributed by atoms with Crippen LogP contribution >= 0.6 is 11.6 Å². The molecule has 0 bridgehead atoms. The first-order chi connectivity index (χ1) is 15.7. The molecule has 0 amide bonds. The smallest absolute Gasteiger partial charge is 0.180 e. The van der Waals surface area contributed by atoms with Gasteiger partial charge in [-0.15, -0.1) is 0 Å². The van der Waals surface area contributed by atoms with E-state index < -0.39 is 0 Å². The first kappa shape index (κ1) is 22.2. The van der Waals surface area contributed by atoms with Crippen molar-refractivity contribution in [3.63, 3.8) is 0 Å². The fraction of sp³-hybridized carbons (Fsp3) is 0.269. The van der Waals surface area contributed by atoms with Gasteiger partial charge in [-0.2, -0.15) is 0 Å². The molecule has 0 aliphatic rings. The number of fused-ring (bicyclic) bond motifs is 1. The summed E-state index contributed by atoms with van der Waals surface area (Å²) in [5.74, 6) is 2.29. The van der Waals surface area contributed by atoms with Crippen molar-refractivity contribution in [1.29, 1.82) is 0 Å². The van der Waals surface area contributed by atoms with E-state index in [2.05, 4.69) is 21.4 Å². The molecule has 4 rings (SSSR count). The van der Waals surface area contributed by atoms with Crippen molar-refractivity contribution in [2.75, 3.05) is 13.2 Å². The van der Waals surface area contributed by atoms with Crippen molar-refractivity contribution >= 4 is 22.6 Å². The Labute approximate surface area is 193 Å². The van der Waals surface area contributed by atoms with E-state index in [-0.39, 0.29) is 0 Å². The SMILES string of the molecule is CCOc1cc(CNCCCc2nc3ccccc3[nH]2)cc(Cl)c1OCc1ccccc1. The number of nitrogens with one attached hydrogen (secondary N) is 2. The van der Waals surface area contributed by atoms with Crippen LogP contribution in [0.5, 0.6) is 11.5 Å². The molecule has 6 heteroatoms. The summed E-state index contributed by atoms with van der Waals surface area (Å²) in [6, 6.07) is 22.1. The fourth-order valence-corrected chi connectivity index (χ4v) is 3.88. The Morgan fingerprint density at radius 2 is 1.78 bits per heavy atom. The second kappa shape index (κ2) is 11.0. The zero-order valence-electron chi connectivity index (χ0n) is 18.2. The Hall–Kier alpha value is -3.02. The second-order valence-corrected chi connectivity index (χ2v) is 8.00. The van der Waals surface area contributed by atoms with Gasteiger partial charge < -0.3 is 19.8 Å². The highest BCUT2D eigenvalue weighted by atomic mass is 35.5. The van der Waals surface area contributed by atoms with Gasteiger partial charge in [0.15, 0.2) is 11.5 Å². The lowest BCUT2D eigenvalue weighted by Gasteiger charge is -2.15. The summed E-state index contributed by atoms with van der Waals surface area (Å²) in [6.45, 7) is 4.54. The largest absolute Gasteiger partial charge is 0.490 e. The molecule has 0 fully saturated rings. The quantitative estimate of drug-likeness (QED) is 0.279. The van der Waals surface area contributed by atoms with Crippen molar-refractivity contribution < 1.29 is 9.47 Å². The van der Waals surface area contributed by atoms with Crippen LogP contribution < -0.4 is 14.8 Å². The Balaban J connectivity index is 1.30. The minimum absolute atomic E-state index is 0.444. The Bertz CT molecular complexity index is 1110. The van der Waals surface area contributed by atoms with Gasteiger partial charge in [0.2, 0.25) is 0 Å². The number of imidazole rings is 1. The normalized spacial score (nSPS) is 11.1. The van der Waals surface area contributed by atoms with Crippen LogP contribution in [0.3, 0.4) is 0 Å². The highest BCUT2D eigenvalue weighted by Gasteiger charge is 2.13. The summed E-state index contributed by atoms with van der Waals surface area (Å²) in [4.78, 5) is 8.01. The van der Waals surface area contributed by atoms with E-state index in [1.165, 1.54) is 0 Å². The number of aromatic amines is 1. The van der Waals surface area contributed by atoms with Crippen LogP contribution in [0, 0.1) is 0 Å². The Kier molecular flexibility index (Phi) is 7.64. The van der Waals surface area contributed by atoms with Crippen molar-refractivity contribution in [2.45, 2.75) is 32.9 Å². The van der Waals surface area contributed by atoms with Gasteiger partial charge in [0.1, 0.15) is 12.4 Å². The molecule has 3 aromatic carbocycles. The summed E-state index contributed by atoms with van der Waals surface area (Å²) < 4.78 is 11.8. The van der Waals surface area contributed by atoms with E-state index >= 15 is 0 Å². The zero-order chi connectivity index (χ0) is 22.2. The van der Waals surface area contributed by atoms with Gasteiger partial charge in [-0.05, 0) is 55.3 Å². The molecule has 5 nitrogen and oxygen atoms in total. The average Bonchev–Trinajstić information content (AvgIpc) is 3.22. The molecule has 0 atom stereocenters. The molecule has 0 saturated heterocycles. The number of para-hydroxylation sites is 2. The predicted octanol–water partition coefficient (Wildman–Crippen LogP) is 5.92. The van der Waals surface area contributed by atoms with Gasteiger partial charge in [-0.25, -0.2) is 4.98 Å². The molecule has 0 radical (unpaired) electrons. The predicted molar refractivity (Wildman–Crippen MR) is 130 cm³/mol. The molecule has 0 saturated carbocycles. The van der Waals surface area contributed by atoms with Gasteiger partial charge in [-0.3, -0.25) is 0 Å². The van der Waals surface area contributed by atoms with E-state index in [1.807, 2.05) is 67.6 Å². The van der Waals surface area contributed by atoms with Gasteiger partial charge in [0, 0.05) is 13.0 Å². The number of halogens is 1. The van der Waals surface area contributed by atoms with E-state index in [0.717, 1.165) is 47.4 Å². The highest BCUT2D eigenvalue weighted by Crippen LogP contribution is 2.37. The molecule has 0 unspecified atom stereocenters. The standard InChI is InChI=1S/C26H28ClN3O2/c1-2-31-24-16-20(15-21(27)26(24)32-18-19-9-4-3-5-10-19)17-28-14-8-13-25-29-22-11-6-7-12-23(22)30-25/h3-7,9-12,15-16,28H,2,8,13-14,17-18H2,1H3,(H,29,30). The second-order valence-electron chi connectivity index (χ2n) is 7.59. The summed E-state index contributed by atoms with van der Waals surface area (Å²) in [5, 5.41) is 4.04. The molecule has 0 aliphatic heterocycles. The van der Waals surface area contributed by atoms with Gasteiger partial charge >= 0.3 is 0 Å². The molecule has 0 spiro atoms. The molecule has 166 valence electrons. The average molecular weight is 450 g/mol. The summed E-state index contributed by atoms with van der Waals surface area (Å²) in [6.07, 6.45) is 1.89. The molecule has 1 aromatic heterocycles. The number of hydrogen-bond acceptors (Lipinski definition) is 4. The number of aryl methyl sites for hydroxylation is 1. The lowest BCUT2D eigenvalue weighted by Crippen LogP contribution is -2.15. The fourth-order valence-electron chi connectivity index (χ4n) is 3.59. The summed E-state index contributed by atoms with van der Waals surface area (Å²) in [5.41, 5.74) is 4.25. The summed E-state index contributed by atoms with van der Waals surface area (Å²) in [7, 11) is 0. The number of nitrogens with zero attached hydrogens (tertiary/aromatic N) is 1. The summed E-state index contributed by atoms with van der Waals surface area (Å²) >= 11 is 6.55. The maximum Gasteiger partial charge on any atom is 0.180 e. The minimum atomic E-state index is 0.444. The maximum absolute atomic E-state index is 6.55. The lowest BCUT2D eigenvalue weighted by atomic mass is 10.2. The molecular weight excluding hydrogens is 422 g/mol. The highest BCUT2D eigenvalue weighted by molar-refractivity contribution is 6.32. The topological polar surface area (TPSA) is 59.2 Å². The maximum atomic E-state index is 6.55. The van der Waals surface area contributed by atoms with Crippen molar-refractivity contribution in [2.24, 2.45) is 0 Å². The van der Waals surface area contributed by atoms with Crippen LogP contribution in [-0.2, 0) is 19.6 Å². The number of benzene rings is 3. The van der Waals surface area contributed by atoms with Crippen LogP contribution in [0.1, 0.15) is 30.3 Å². The van der Waals surface area contributed by atoms with E-state index in [0.29, 0.717) is 36.3 Å². The number of hydrogen-bond donors (Lipinski definition) is 2. The first-order valence-corrected chi connectivity index (χ1v) is 11.4. The van der Waals surface area contributed by atoms with Crippen molar-refractivity contribution in [3.05, 3.63) is 88.7 Å². The van der Waals surface area contributed by atoms with Crippen LogP contribution in [0.4, 0.5) is 0 Å². The number of H-pyrrole nitrogens is 1. The van der Waals surface area contributed by atoms with Crippen LogP contribution in [0.15, 0.2) is 66.7 Å². The van der Waals surface area contributed by atoms with Gasteiger partial charge in [-0.1, -0.05) is 54.1 Å². The molecule has 2 N–H and O–H groups in total. The van der Waals surface area contributed by atoms with Crippen LogP contribution in [-0.4, -0.2) is 23.1 Å². The van der Waals surface area contributed by atoms with Crippen molar-refractivity contribution in [3.8, 4) is 11.5 Å². The van der Waals surface area contributed by atoms with Crippen LogP contribution in [0.25, 0.3) is 11.0 Å². The molecular formula is C26H28ClN3O2.